The van der Waals surface area contributed by atoms with Crippen LogP contribution in [0, 0.1) is 6.92 Å². The van der Waals surface area contributed by atoms with Gasteiger partial charge in [-0.3, -0.25) is 4.79 Å². The molecule has 0 saturated heterocycles. The van der Waals surface area contributed by atoms with Crippen molar-refractivity contribution >= 4 is 23.3 Å². The molecular formula is C16H12F3NO3S. The lowest BCUT2D eigenvalue weighted by Gasteiger charge is -2.22. The molecule has 1 aromatic heterocycles. The van der Waals surface area contributed by atoms with Gasteiger partial charge < -0.3 is 9.94 Å². The number of carbonyl (C=O) groups is 1. The normalized spacial score (nSPS) is 20.6. The zero-order valence-corrected chi connectivity index (χ0v) is 13.2. The summed E-state index contributed by atoms with van der Waals surface area (Å²) in [5, 5.41) is 12.8. The fourth-order valence-electron chi connectivity index (χ4n) is 2.42. The van der Waals surface area contributed by atoms with E-state index in [2.05, 4.69) is 9.99 Å². The van der Waals surface area contributed by atoms with Crippen molar-refractivity contribution in [2.75, 3.05) is 0 Å². The van der Waals surface area contributed by atoms with E-state index >= 15 is 0 Å². The van der Waals surface area contributed by atoms with E-state index in [1.54, 1.807) is 24.3 Å². The van der Waals surface area contributed by atoms with Crippen LogP contribution in [0.2, 0.25) is 0 Å². The largest absolute Gasteiger partial charge is 0.458 e. The molecule has 1 unspecified atom stereocenters. The zero-order chi connectivity index (χ0) is 17.5. The lowest BCUT2D eigenvalue weighted by atomic mass is 9.99. The third kappa shape index (κ3) is 2.83. The van der Waals surface area contributed by atoms with Gasteiger partial charge in [0.2, 0.25) is 0 Å². The zero-order valence-electron chi connectivity index (χ0n) is 12.4. The molecule has 126 valence electrons. The van der Waals surface area contributed by atoms with Crippen LogP contribution in [0.15, 0.2) is 35.5 Å². The van der Waals surface area contributed by atoms with Crippen LogP contribution in [0.5, 0.6) is 0 Å². The number of rotatable bonds is 3. The van der Waals surface area contributed by atoms with E-state index in [9.17, 15) is 23.1 Å². The van der Waals surface area contributed by atoms with E-state index in [1.807, 2.05) is 13.0 Å². The lowest BCUT2D eigenvalue weighted by molar-refractivity contribution is -0.355. The first-order valence-corrected chi connectivity index (χ1v) is 7.76. The quantitative estimate of drug-likeness (QED) is 0.849. The number of aryl methyl sites for hydroxylation is 1. The number of thiophene rings is 1. The minimum Gasteiger partial charge on any atom is -0.350 e. The molecule has 0 spiro atoms. The van der Waals surface area contributed by atoms with Crippen molar-refractivity contribution in [2.24, 2.45) is 5.16 Å². The predicted molar refractivity (Wildman–Crippen MR) is 83.1 cm³/mol. The molecule has 0 fully saturated rings. The summed E-state index contributed by atoms with van der Waals surface area (Å²) in [6.45, 7) is 1.89. The molecule has 3 rings (SSSR count). The van der Waals surface area contributed by atoms with Crippen molar-refractivity contribution in [3.8, 4) is 11.1 Å². The smallest absolute Gasteiger partial charge is 0.350 e. The average molecular weight is 355 g/mol. The van der Waals surface area contributed by atoms with Gasteiger partial charge in [-0.25, -0.2) is 0 Å². The number of benzene rings is 1. The fraction of sp³-hybridized carbons (Fsp3) is 0.250. The first-order chi connectivity index (χ1) is 11.2. The van der Waals surface area contributed by atoms with Gasteiger partial charge in [-0.15, -0.1) is 11.3 Å². The van der Waals surface area contributed by atoms with Crippen LogP contribution in [-0.4, -0.2) is 29.1 Å². The van der Waals surface area contributed by atoms with Gasteiger partial charge in [0.15, 0.2) is 6.29 Å². The maximum absolute atomic E-state index is 12.7. The van der Waals surface area contributed by atoms with E-state index in [4.69, 9.17) is 0 Å². The highest BCUT2D eigenvalue weighted by atomic mass is 32.1. The number of alkyl halides is 3. The second-order valence-corrected chi connectivity index (χ2v) is 6.71. The van der Waals surface area contributed by atoms with Crippen molar-refractivity contribution in [2.45, 2.75) is 25.3 Å². The Bertz CT molecular complexity index is 811. The van der Waals surface area contributed by atoms with Gasteiger partial charge in [0.25, 0.3) is 0 Å². The monoisotopic (exact) mass is 355 g/mol. The van der Waals surface area contributed by atoms with E-state index in [0.717, 1.165) is 22.3 Å². The molecule has 0 aliphatic carbocycles. The fourth-order valence-corrected chi connectivity index (χ4v) is 3.27. The van der Waals surface area contributed by atoms with Gasteiger partial charge in [0.05, 0.1) is 17.0 Å². The second kappa shape index (κ2) is 5.71. The Morgan fingerprint density at radius 2 is 1.92 bits per heavy atom. The maximum Gasteiger partial charge on any atom is 0.458 e. The Balaban J connectivity index is 1.85. The molecule has 1 aliphatic heterocycles. The van der Waals surface area contributed by atoms with Crippen LogP contribution in [0.4, 0.5) is 13.2 Å². The Labute approximate surface area is 139 Å². The molecule has 24 heavy (non-hydrogen) atoms. The number of aliphatic hydroxyl groups is 1. The summed E-state index contributed by atoms with van der Waals surface area (Å²) >= 11 is 1.37. The first kappa shape index (κ1) is 16.7. The molecule has 1 aliphatic rings. The Hall–Kier alpha value is -2.19. The minimum atomic E-state index is -4.93. The van der Waals surface area contributed by atoms with Crippen molar-refractivity contribution in [3.05, 3.63) is 45.6 Å². The summed E-state index contributed by atoms with van der Waals surface area (Å²) < 4.78 is 38.2. The van der Waals surface area contributed by atoms with Gasteiger partial charge >= 0.3 is 12.0 Å². The number of hydrogen-bond acceptors (Lipinski definition) is 5. The number of nitrogens with zero attached hydrogens (tertiary/aromatic N) is 1. The summed E-state index contributed by atoms with van der Waals surface area (Å²) in [6.07, 6.45) is -4.92. The number of halogens is 3. The van der Waals surface area contributed by atoms with Crippen molar-refractivity contribution in [1.29, 1.82) is 0 Å². The summed E-state index contributed by atoms with van der Waals surface area (Å²) in [5.41, 5.74) is 1.98. The molecule has 2 heterocycles. The molecule has 4 nitrogen and oxygen atoms in total. The SMILES string of the molecule is Cc1cc(-c2ccc(C3=NOC(O)(C(F)(F)F)C3)cc2)c(C=O)s1. The molecule has 0 amide bonds. The van der Waals surface area contributed by atoms with Gasteiger partial charge in [-0.1, -0.05) is 29.4 Å². The highest BCUT2D eigenvalue weighted by Crippen LogP contribution is 2.39. The Morgan fingerprint density at radius 3 is 2.46 bits per heavy atom. The van der Waals surface area contributed by atoms with Gasteiger partial charge in [0, 0.05) is 10.4 Å². The summed E-state index contributed by atoms with van der Waals surface area (Å²) in [5.74, 6) is -3.28. The third-order valence-corrected chi connectivity index (χ3v) is 4.65. The van der Waals surface area contributed by atoms with Crippen molar-refractivity contribution in [1.82, 2.24) is 0 Å². The molecule has 0 saturated carbocycles. The first-order valence-electron chi connectivity index (χ1n) is 6.94. The molecular weight excluding hydrogens is 343 g/mol. The van der Waals surface area contributed by atoms with Crippen molar-refractivity contribution < 1.29 is 27.9 Å². The van der Waals surface area contributed by atoms with E-state index in [1.165, 1.54) is 11.3 Å². The molecule has 0 radical (unpaired) electrons. The van der Waals surface area contributed by atoms with Gasteiger partial charge in [-0.05, 0) is 24.1 Å². The highest BCUT2D eigenvalue weighted by molar-refractivity contribution is 7.14. The van der Waals surface area contributed by atoms with Crippen LogP contribution in [-0.2, 0) is 4.84 Å². The van der Waals surface area contributed by atoms with Gasteiger partial charge in [-0.2, -0.15) is 13.2 Å². The summed E-state index contributed by atoms with van der Waals surface area (Å²) in [6, 6.07) is 8.43. The molecule has 8 heteroatoms. The molecule has 1 N–H and O–H groups in total. The molecule has 1 atom stereocenters. The van der Waals surface area contributed by atoms with E-state index in [-0.39, 0.29) is 5.71 Å². The van der Waals surface area contributed by atoms with Crippen LogP contribution >= 0.6 is 11.3 Å². The third-order valence-electron chi connectivity index (χ3n) is 3.68. The topological polar surface area (TPSA) is 58.9 Å². The van der Waals surface area contributed by atoms with Crippen LogP contribution in [0.1, 0.15) is 26.5 Å². The summed E-state index contributed by atoms with van der Waals surface area (Å²) in [4.78, 5) is 16.9. The maximum atomic E-state index is 12.7. The number of hydrogen-bond donors (Lipinski definition) is 1. The second-order valence-electron chi connectivity index (χ2n) is 5.42. The Kier molecular flexibility index (Phi) is 3.97. The number of oxime groups is 1. The molecule has 1 aromatic carbocycles. The molecule has 2 aromatic rings. The minimum absolute atomic E-state index is 0.0125. The van der Waals surface area contributed by atoms with E-state index < -0.39 is 18.4 Å². The van der Waals surface area contributed by atoms with Crippen LogP contribution < -0.4 is 0 Å². The Morgan fingerprint density at radius 1 is 1.29 bits per heavy atom. The van der Waals surface area contributed by atoms with Crippen LogP contribution in [0.3, 0.4) is 0 Å². The highest BCUT2D eigenvalue weighted by Gasteiger charge is 2.60. The van der Waals surface area contributed by atoms with Crippen molar-refractivity contribution in [3.63, 3.8) is 0 Å². The average Bonchev–Trinajstić information content (AvgIpc) is 3.11. The van der Waals surface area contributed by atoms with E-state index in [0.29, 0.717) is 10.4 Å². The number of carbonyl (C=O) groups excluding carboxylic acids is 1. The number of aldehydes is 1. The standard InChI is InChI=1S/C16H12F3NO3S/c1-9-6-12(14(8-21)24-9)10-2-4-11(5-3-10)13-7-15(22,23-20-13)16(17,18)19/h2-6,8,22H,7H2,1H3. The molecule has 0 bridgehead atoms. The van der Waals surface area contributed by atoms with Crippen LogP contribution in [0.25, 0.3) is 11.1 Å². The predicted octanol–water partition coefficient (Wildman–Crippen LogP) is 3.91. The van der Waals surface area contributed by atoms with Gasteiger partial charge in [0.1, 0.15) is 0 Å². The summed E-state index contributed by atoms with van der Waals surface area (Å²) in [7, 11) is 0. The lowest BCUT2D eigenvalue weighted by Crippen LogP contribution is -2.45.